The van der Waals surface area contributed by atoms with Crippen molar-refractivity contribution >= 4 is 11.6 Å². The first-order chi connectivity index (χ1) is 15.1. The monoisotopic (exact) mass is 439 g/mol. The number of benzene rings is 3. The Morgan fingerprint density at radius 3 is 2.65 bits per heavy atom. The molecule has 5 heteroatoms. The Bertz CT molecular complexity index is 1040. The molecule has 162 valence electrons. The molecule has 3 aromatic carbocycles. The number of hydrogen-bond acceptors (Lipinski definition) is 3. The third-order valence-corrected chi connectivity index (χ3v) is 6.19. The molecule has 1 heterocycles. The summed E-state index contributed by atoms with van der Waals surface area (Å²) in [5.74, 6) is -0.184. The van der Waals surface area contributed by atoms with Gasteiger partial charge in [-0.25, -0.2) is 4.39 Å². The summed E-state index contributed by atoms with van der Waals surface area (Å²) in [6, 6.07) is 19.3. The summed E-state index contributed by atoms with van der Waals surface area (Å²) in [7, 11) is 0. The van der Waals surface area contributed by atoms with Crippen LogP contribution in [0, 0.1) is 12.7 Å². The van der Waals surface area contributed by atoms with E-state index in [4.69, 9.17) is 26.8 Å². The van der Waals surface area contributed by atoms with Gasteiger partial charge in [0.15, 0.2) is 11.6 Å². The van der Waals surface area contributed by atoms with Crippen LogP contribution in [0.15, 0.2) is 60.7 Å². The Morgan fingerprint density at radius 1 is 1.13 bits per heavy atom. The molecule has 1 aliphatic rings. The van der Waals surface area contributed by atoms with E-state index in [-0.39, 0.29) is 17.8 Å². The maximum atomic E-state index is 15.6. The summed E-state index contributed by atoms with van der Waals surface area (Å²) in [4.78, 5) is 0. The molecule has 3 nitrogen and oxygen atoms in total. The lowest BCUT2D eigenvalue weighted by Crippen LogP contribution is -2.17. The van der Waals surface area contributed by atoms with Gasteiger partial charge in [0.05, 0.1) is 6.10 Å². The predicted octanol–water partition coefficient (Wildman–Crippen LogP) is 6.10. The molecule has 2 N–H and O–H groups in total. The number of hydrogen-bond donors (Lipinski definition) is 1. The second-order valence-corrected chi connectivity index (χ2v) is 8.36. The van der Waals surface area contributed by atoms with Crippen LogP contribution in [0.2, 0.25) is 5.02 Å². The molecule has 0 radical (unpaired) electrons. The van der Waals surface area contributed by atoms with Gasteiger partial charge in [-0.3, -0.25) is 0 Å². The fourth-order valence-corrected chi connectivity index (χ4v) is 4.37. The minimum Gasteiger partial charge on any atom is -0.488 e. The zero-order chi connectivity index (χ0) is 21.8. The number of rotatable bonds is 7. The highest BCUT2D eigenvalue weighted by molar-refractivity contribution is 6.33. The Hall–Kier alpha value is -2.40. The fraction of sp³-hybridized carbons (Fsp3) is 0.308. The second kappa shape index (κ2) is 9.82. The van der Waals surface area contributed by atoms with Gasteiger partial charge in [-0.2, -0.15) is 0 Å². The van der Waals surface area contributed by atoms with Gasteiger partial charge in [0.25, 0.3) is 0 Å². The van der Waals surface area contributed by atoms with E-state index in [9.17, 15) is 0 Å². The summed E-state index contributed by atoms with van der Waals surface area (Å²) >= 11 is 6.54. The Kier molecular flexibility index (Phi) is 6.91. The Labute approximate surface area is 187 Å². The van der Waals surface area contributed by atoms with Gasteiger partial charge in [-0.05, 0) is 54.7 Å². The molecule has 3 aromatic rings. The second-order valence-electron chi connectivity index (χ2n) is 7.95. The molecule has 0 aliphatic carbocycles. The fourth-order valence-electron chi connectivity index (χ4n) is 4.16. The molecule has 0 amide bonds. The molecule has 1 saturated heterocycles. The van der Waals surface area contributed by atoms with Gasteiger partial charge < -0.3 is 15.2 Å². The van der Waals surface area contributed by atoms with Crippen LogP contribution in [-0.4, -0.2) is 25.9 Å². The van der Waals surface area contributed by atoms with Crippen LogP contribution in [0.1, 0.15) is 35.4 Å². The minimum atomic E-state index is -0.402. The van der Waals surface area contributed by atoms with E-state index in [1.54, 1.807) is 6.07 Å². The maximum Gasteiger partial charge on any atom is 0.173 e. The summed E-state index contributed by atoms with van der Waals surface area (Å²) in [6.07, 6.45) is 1.97. The van der Waals surface area contributed by atoms with E-state index < -0.39 is 5.82 Å². The first-order valence-electron chi connectivity index (χ1n) is 10.7. The van der Waals surface area contributed by atoms with Crippen molar-refractivity contribution in [1.29, 1.82) is 0 Å². The maximum absolute atomic E-state index is 15.6. The Balaban J connectivity index is 1.70. The van der Waals surface area contributed by atoms with Crippen LogP contribution in [0.3, 0.4) is 0 Å². The van der Waals surface area contributed by atoms with Gasteiger partial charge >= 0.3 is 0 Å². The molecular weight excluding hydrogens is 413 g/mol. The van der Waals surface area contributed by atoms with Crippen molar-refractivity contribution in [1.82, 2.24) is 0 Å². The summed E-state index contributed by atoms with van der Waals surface area (Å²) < 4.78 is 26.9. The third kappa shape index (κ3) is 4.77. The molecule has 4 rings (SSSR count). The van der Waals surface area contributed by atoms with Crippen LogP contribution >= 0.6 is 11.6 Å². The molecular formula is C26H27ClFNO2. The molecule has 1 fully saturated rings. The third-order valence-electron chi connectivity index (χ3n) is 5.86. The highest BCUT2D eigenvalue weighted by Gasteiger charge is 2.21. The normalized spacial score (nSPS) is 17.0. The van der Waals surface area contributed by atoms with Crippen LogP contribution in [0.5, 0.6) is 5.75 Å². The standard InChI is InChI=1S/C26H27ClFNO2/c1-17-9-12-24(31-16-20-8-5-13-30-20)26(28)25(17)21-14-19(10-11-23(21)27)22(15-29)18-6-3-2-4-7-18/h2-4,6-7,9-12,14,20,22H,5,8,13,15-16,29H2,1H3. The van der Waals surface area contributed by atoms with Crippen LogP contribution in [0.25, 0.3) is 11.1 Å². The summed E-state index contributed by atoms with van der Waals surface area (Å²) in [5, 5.41) is 0.492. The number of ether oxygens (including phenoxy) is 2. The Morgan fingerprint density at radius 2 is 1.94 bits per heavy atom. The first kappa shape index (κ1) is 21.8. The van der Waals surface area contributed by atoms with E-state index >= 15 is 4.39 Å². The van der Waals surface area contributed by atoms with Crippen LogP contribution < -0.4 is 10.5 Å². The van der Waals surface area contributed by atoms with E-state index in [0.717, 1.165) is 36.1 Å². The highest BCUT2D eigenvalue weighted by atomic mass is 35.5. The lowest BCUT2D eigenvalue weighted by Gasteiger charge is -2.19. The molecule has 0 spiro atoms. The van der Waals surface area contributed by atoms with Crippen molar-refractivity contribution in [2.24, 2.45) is 5.73 Å². The van der Waals surface area contributed by atoms with E-state index in [2.05, 4.69) is 12.1 Å². The van der Waals surface area contributed by atoms with Crippen molar-refractivity contribution in [3.63, 3.8) is 0 Å². The topological polar surface area (TPSA) is 44.5 Å². The minimum absolute atomic E-state index is 0.000433. The summed E-state index contributed by atoms with van der Waals surface area (Å²) in [5.41, 5.74) is 10.1. The molecule has 0 aromatic heterocycles. The van der Waals surface area contributed by atoms with Gasteiger partial charge in [0, 0.05) is 35.2 Å². The van der Waals surface area contributed by atoms with E-state index in [1.165, 1.54) is 0 Å². The van der Waals surface area contributed by atoms with E-state index in [1.807, 2.05) is 49.4 Å². The lowest BCUT2D eigenvalue weighted by atomic mass is 9.88. The average molecular weight is 440 g/mol. The van der Waals surface area contributed by atoms with Crippen molar-refractivity contribution in [3.05, 3.63) is 88.2 Å². The molecule has 0 bridgehead atoms. The predicted molar refractivity (Wildman–Crippen MR) is 123 cm³/mol. The zero-order valence-corrected chi connectivity index (χ0v) is 18.4. The summed E-state index contributed by atoms with van der Waals surface area (Å²) in [6.45, 7) is 3.40. The van der Waals surface area contributed by atoms with Crippen LogP contribution in [0.4, 0.5) is 4.39 Å². The van der Waals surface area contributed by atoms with Gasteiger partial charge in [0.2, 0.25) is 0 Å². The van der Waals surface area contributed by atoms with Gasteiger partial charge in [-0.15, -0.1) is 0 Å². The van der Waals surface area contributed by atoms with Gasteiger partial charge in [0.1, 0.15) is 6.61 Å². The molecule has 2 unspecified atom stereocenters. The van der Waals surface area contributed by atoms with Gasteiger partial charge in [-0.1, -0.05) is 54.1 Å². The van der Waals surface area contributed by atoms with Crippen molar-refractivity contribution in [2.75, 3.05) is 19.8 Å². The average Bonchev–Trinajstić information content (AvgIpc) is 3.30. The molecule has 0 saturated carbocycles. The highest BCUT2D eigenvalue weighted by Crippen LogP contribution is 2.39. The lowest BCUT2D eigenvalue weighted by molar-refractivity contribution is 0.0666. The van der Waals surface area contributed by atoms with Crippen LogP contribution in [-0.2, 0) is 4.74 Å². The number of aryl methyl sites for hydroxylation is 1. The molecule has 31 heavy (non-hydrogen) atoms. The number of halogens is 2. The van der Waals surface area contributed by atoms with Crippen molar-refractivity contribution in [3.8, 4) is 16.9 Å². The smallest absolute Gasteiger partial charge is 0.173 e. The van der Waals surface area contributed by atoms with E-state index in [0.29, 0.717) is 29.3 Å². The zero-order valence-electron chi connectivity index (χ0n) is 17.6. The number of nitrogens with two attached hydrogens (primary N) is 1. The van der Waals surface area contributed by atoms with Crippen molar-refractivity contribution < 1.29 is 13.9 Å². The molecule has 1 aliphatic heterocycles. The van der Waals surface area contributed by atoms with Crippen molar-refractivity contribution in [2.45, 2.75) is 31.8 Å². The largest absolute Gasteiger partial charge is 0.488 e. The quantitative estimate of drug-likeness (QED) is 0.483. The molecule has 2 atom stereocenters. The SMILES string of the molecule is Cc1ccc(OCC2CCCO2)c(F)c1-c1cc(C(CN)c2ccccc2)ccc1Cl. The first-order valence-corrected chi connectivity index (χ1v) is 11.0.